The van der Waals surface area contributed by atoms with Crippen LogP contribution in [0, 0.1) is 15.9 Å². The molecule has 2 rings (SSSR count). The van der Waals surface area contributed by atoms with Crippen LogP contribution in [-0.2, 0) is 0 Å². The van der Waals surface area contributed by atoms with Crippen molar-refractivity contribution in [1.29, 1.82) is 0 Å². The number of benzene rings is 2. The number of nitro benzene ring substituents is 1. The predicted octanol–water partition coefficient (Wildman–Crippen LogP) is 3.70. The summed E-state index contributed by atoms with van der Waals surface area (Å²) in [6.45, 7) is 1.35. The fourth-order valence-corrected chi connectivity index (χ4v) is 2.02. The molecule has 0 radical (unpaired) electrons. The third-order valence-corrected chi connectivity index (χ3v) is 3.15. The summed E-state index contributed by atoms with van der Waals surface area (Å²) >= 11 is 0. The molecule has 0 aliphatic carbocycles. The quantitative estimate of drug-likeness (QED) is 0.489. The number of carbonyl (C=O) groups excluding carboxylic acids is 1. The van der Waals surface area contributed by atoms with Crippen molar-refractivity contribution in [3.05, 3.63) is 64.0 Å². The zero-order valence-electron chi connectivity index (χ0n) is 11.5. The largest absolute Gasteiger partial charge is 0.344 e. The van der Waals surface area contributed by atoms with E-state index in [0.717, 1.165) is 0 Å². The summed E-state index contributed by atoms with van der Waals surface area (Å²) in [6, 6.07) is 9.86. The van der Waals surface area contributed by atoms with Gasteiger partial charge in [-0.15, -0.1) is 0 Å². The van der Waals surface area contributed by atoms with Crippen molar-refractivity contribution in [3.63, 3.8) is 0 Å². The molecule has 0 heterocycles. The fraction of sp³-hybridized carbons (Fsp3) is 0.133. The number of nitro groups is 1. The van der Waals surface area contributed by atoms with E-state index in [9.17, 15) is 19.3 Å². The maximum absolute atomic E-state index is 13.0. The molecule has 2 aromatic rings. The second-order valence-corrected chi connectivity index (χ2v) is 4.55. The number of non-ortho nitro benzene ring substituents is 1. The van der Waals surface area contributed by atoms with Gasteiger partial charge >= 0.3 is 0 Å². The zero-order valence-corrected chi connectivity index (χ0v) is 11.5. The molecule has 0 bridgehead atoms. The van der Waals surface area contributed by atoms with E-state index in [1.807, 2.05) is 0 Å². The van der Waals surface area contributed by atoms with Gasteiger partial charge < -0.3 is 4.90 Å². The third-order valence-electron chi connectivity index (χ3n) is 3.15. The van der Waals surface area contributed by atoms with Gasteiger partial charge in [-0.1, -0.05) is 0 Å². The Hall–Kier alpha value is -2.76. The van der Waals surface area contributed by atoms with Crippen molar-refractivity contribution in [2.75, 3.05) is 11.9 Å². The number of ketones is 1. The molecular formula is C15H13FN2O3. The smallest absolute Gasteiger partial charge is 0.270 e. The van der Waals surface area contributed by atoms with E-state index in [1.54, 1.807) is 24.1 Å². The van der Waals surface area contributed by atoms with Gasteiger partial charge in [-0.05, 0) is 37.3 Å². The number of carbonyl (C=O) groups is 1. The molecule has 0 aliphatic rings. The van der Waals surface area contributed by atoms with Gasteiger partial charge in [-0.25, -0.2) is 4.39 Å². The van der Waals surface area contributed by atoms with Gasteiger partial charge in [-0.3, -0.25) is 14.9 Å². The zero-order chi connectivity index (χ0) is 15.6. The van der Waals surface area contributed by atoms with E-state index in [2.05, 4.69) is 0 Å². The summed E-state index contributed by atoms with van der Waals surface area (Å²) in [5.41, 5.74) is 1.31. The molecule has 0 unspecified atom stereocenters. The van der Waals surface area contributed by atoms with Crippen molar-refractivity contribution < 1.29 is 14.1 Å². The van der Waals surface area contributed by atoms with Crippen LogP contribution in [0.5, 0.6) is 0 Å². The standard InChI is InChI=1S/C15H13FN2O3/c1-10(19)14-9-13(18(20)21)7-8-15(14)17(2)12-5-3-11(16)4-6-12/h3-9H,1-2H3. The van der Waals surface area contributed by atoms with Gasteiger partial charge in [0.1, 0.15) is 5.82 Å². The topological polar surface area (TPSA) is 63.4 Å². The average molecular weight is 288 g/mol. The Morgan fingerprint density at radius 3 is 2.33 bits per heavy atom. The van der Waals surface area contributed by atoms with Crippen LogP contribution >= 0.6 is 0 Å². The Bertz CT molecular complexity index is 699. The van der Waals surface area contributed by atoms with Gasteiger partial charge in [0, 0.05) is 30.4 Å². The Balaban J connectivity index is 2.49. The number of halogens is 1. The predicted molar refractivity (Wildman–Crippen MR) is 77.6 cm³/mol. The minimum Gasteiger partial charge on any atom is -0.344 e. The first-order valence-electron chi connectivity index (χ1n) is 6.19. The van der Waals surface area contributed by atoms with Crippen molar-refractivity contribution in [1.82, 2.24) is 0 Å². The van der Waals surface area contributed by atoms with Crippen LogP contribution in [0.3, 0.4) is 0 Å². The molecular weight excluding hydrogens is 275 g/mol. The number of rotatable bonds is 4. The Kier molecular flexibility index (Phi) is 3.98. The van der Waals surface area contributed by atoms with Gasteiger partial charge in [0.25, 0.3) is 5.69 Å². The van der Waals surface area contributed by atoms with Crippen LogP contribution in [0.2, 0.25) is 0 Å². The third kappa shape index (κ3) is 3.05. The molecule has 0 spiro atoms. The van der Waals surface area contributed by atoms with Crippen LogP contribution in [-0.4, -0.2) is 17.8 Å². The Labute approximate surface area is 120 Å². The molecule has 0 atom stereocenters. The minimum atomic E-state index is -0.548. The molecule has 0 saturated heterocycles. The molecule has 6 heteroatoms. The average Bonchev–Trinajstić information content (AvgIpc) is 2.46. The highest BCUT2D eigenvalue weighted by molar-refractivity contribution is 6.01. The van der Waals surface area contributed by atoms with E-state index >= 15 is 0 Å². The highest BCUT2D eigenvalue weighted by Gasteiger charge is 2.17. The summed E-state index contributed by atoms with van der Waals surface area (Å²) in [7, 11) is 1.71. The first-order chi connectivity index (χ1) is 9.90. The van der Waals surface area contributed by atoms with Crippen molar-refractivity contribution in [2.24, 2.45) is 0 Å². The van der Waals surface area contributed by atoms with E-state index in [1.165, 1.54) is 37.3 Å². The number of nitrogens with zero attached hydrogens (tertiary/aromatic N) is 2. The molecule has 21 heavy (non-hydrogen) atoms. The van der Waals surface area contributed by atoms with Crippen molar-refractivity contribution >= 4 is 22.8 Å². The maximum Gasteiger partial charge on any atom is 0.270 e. The van der Waals surface area contributed by atoms with E-state index in [4.69, 9.17) is 0 Å². The lowest BCUT2D eigenvalue weighted by atomic mass is 10.1. The highest BCUT2D eigenvalue weighted by Crippen LogP contribution is 2.30. The number of Topliss-reactive ketones (excluding diaryl/α,β-unsaturated/α-hetero) is 1. The Morgan fingerprint density at radius 1 is 1.19 bits per heavy atom. The molecule has 2 aromatic carbocycles. The lowest BCUT2D eigenvalue weighted by Crippen LogP contribution is -2.13. The van der Waals surface area contributed by atoms with Crippen LogP contribution < -0.4 is 4.90 Å². The second-order valence-electron chi connectivity index (χ2n) is 4.55. The lowest BCUT2D eigenvalue weighted by molar-refractivity contribution is -0.384. The molecule has 0 N–H and O–H groups in total. The van der Waals surface area contributed by atoms with E-state index in [0.29, 0.717) is 11.4 Å². The molecule has 0 fully saturated rings. The normalized spacial score (nSPS) is 10.2. The number of hydrogen-bond acceptors (Lipinski definition) is 4. The van der Waals surface area contributed by atoms with Crippen LogP contribution in [0.1, 0.15) is 17.3 Å². The molecule has 5 nitrogen and oxygen atoms in total. The molecule has 0 aromatic heterocycles. The van der Waals surface area contributed by atoms with Gasteiger partial charge in [0.15, 0.2) is 5.78 Å². The summed E-state index contributed by atoms with van der Waals surface area (Å²) in [5, 5.41) is 10.8. The molecule has 0 amide bonds. The van der Waals surface area contributed by atoms with Gasteiger partial charge in [-0.2, -0.15) is 0 Å². The first kappa shape index (κ1) is 14.6. The summed E-state index contributed by atoms with van der Waals surface area (Å²) < 4.78 is 13.0. The van der Waals surface area contributed by atoms with Gasteiger partial charge in [0.05, 0.1) is 10.6 Å². The summed E-state index contributed by atoms with van der Waals surface area (Å²) in [6.07, 6.45) is 0. The number of hydrogen-bond donors (Lipinski definition) is 0. The van der Waals surface area contributed by atoms with Gasteiger partial charge in [0.2, 0.25) is 0 Å². The summed E-state index contributed by atoms with van der Waals surface area (Å²) in [5.74, 6) is -0.634. The highest BCUT2D eigenvalue weighted by atomic mass is 19.1. The lowest BCUT2D eigenvalue weighted by Gasteiger charge is -2.21. The molecule has 0 saturated carbocycles. The van der Waals surface area contributed by atoms with Crippen LogP contribution in [0.15, 0.2) is 42.5 Å². The first-order valence-corrected chi connectivity index (χ1v) is 6.19. The van der Waals surface area contributed by atoms with E-state index < -0.39 is 4.92 Å². The minimum absolute atomic E-state index is 0.142. The monoisotopic (exact) mass is 288 g/mol. The fourth-order valence-electron chi connectivity index (χ4n) is 2.02. The molecule has 108 valence electrons. The SMILES string of the molecule is CC(=O)c1cc([N+](=O)[O-])ccc1N(C)c1ccc(F)cc1. The second kappa shape index (κ2) is 5.70. The van der Waals surface area contributed by atoms with Crippen LogP contribution in [0.4, 0.5) is 21.5 Å². The van der Waals surface area contributed by atoms with E-state index in [-0.39, 0.29) is 22.9 Å². The van der Waals surface area contributed by atoms with Crippen molar-refractivity contribution in [2.45, 2.75) is 6.92 Å². The van der Waals surface area contributed by atoms with Crippen LogP contribution in [0.25, 0.3) is 0 Å². The molecule has 0 aliphatic heterocycles. The Morgan fingerprint density at radius 2 is 1.81 bits per heavy atom. The van der Waals surface area contributed by atoms with Crippen molar-refractivity contribution in [3.8, 4) is 0 Å². The maximum atomic E-state index is 13.0. The summed E-state index contributed by atoms with van der Waals surface area (Å²) in [4.78, 5) is 23.7. The number of anilines is 2.